The zero-order valence-electron chi connectivity index (χ0n) is 9.12. The third-order valence-corrected chi connectivity index (χ3v) is 3.26. The number of rotatable bonds is 4. The van der Waals surface area contributed by atoms with Gasteiger partial charge in [0.1, 0.15) is 11.9 Å². The van der Waals surface area contributed by atoms with Gasteiger partial charge in [-0.3, -0.25) is 9.59 Å². The number of hydrogen-bond acceptors (Lipinski definition) is 5. The number of thiol groups is 1. The van der Waals surface area contributed by atoms with Crippen LogP contribution in [0, 0.1) is 5.88 Å². The van der Waals surface area contributed by atoms with E-state index in [1.165, 1.54) is 17.6 Å². The molecule has 1 fully saturated rings. The number of thioether (sulfide) groups is 1. The van der Waals surface area contributed by atoms with Crippen LogP contribution in [0.3, 0.4) is 0 Å². The van der Waals surface area contributed by atoms with Crippen molar-refractivity contribution in [3.8, 4) is 0 Å². The second kappa shape index (κ2) is 6.15. The van der Waals surface area contributed by atoms with Crippen LogP contribution >= 0.6 is 24.4 Å². The van der Waals surface area contributed by atoms with Gasteiger partial charge >= 0.3 is 5.97 Å². The maximum atomic E-state index is 11.7. The van der Waals surface area contributed by atoms with E-state index in [1.807, 2.05) is 0 Å². The minimum Gasteiger partial charge on any atom is -0.480 e. The molecule has 0 aromatic rings. The van der Waals surface area contributed by atoms with Crippen molar-refractivity contribution in [3.05, 3.63) is 5.88 Å². The minimum atomic E-state index is -1.05. The van der Waals surface area contributed by atoms with Crippen LogP contribution in [0.2, 0.25) is 0 Å². The summed E-state index contributed by atoms with van der Waals surface area (Å²) in [6.07, 6.45) is 0. The first kappa shape index (κ1) is 14.2. The van der Waals surface area contributed by atoms with Crippen molar-refractivity contribution in [2.24, 2.45) is 0 Å². The molecule has 2 N–H and O–H groups in total. The highest BCUT2D eigenvalue weighted by Crippen LogP contribution is 2.25. The van der Waals surface area contributed by atoms with E-state index in [4.69, 9.17) is 5.11 Å². The summed E-state index contributed by atoms with van der Waals surface area (Å²) in [7, 11) is 0. The lowest BCUT2D eigenvalue weighted by Gasteiger charge is -2.20. The van der Waals surface area contributed by atoms with Crippen molar-refractivity contribution in [1.29, 1.82) is 0 Å². The average molecular weight is 277 g/mol. The lowest BCUT2D eigenvalue weighted by Crippen LogP contribution is -2.46. The maximum absolute atomic E-state index is 11.7. The molecule has 0 aromatic carbocycles. The SMILES string of the molecule is CC(S)C(=O)NCC(=O)N1[CH]SCC1C(=O)O. The van der Waals surface area contributed by atoms with Gasteiger partial charge in [-0.2, -0.15) is 12.6 Å². The molecule has 1 radical (unpaired) electrons. The Kier molecular flexibility index (Phi) is 5.13. The normalized spacial score (nSPS) is 21.1. The van der Waals surface area contributed by atoms with Crippen LogP contribution in [0.1, 0.15) is 6.92 Å². The first-order valence-electron chi connectivity index (χ1n) is 4.88. The predicted octanol–water partition coefficient (Wildman–Crippen LogP) is -0.431. The lowest BCUT2D eigenvalue weighted by atomic mass is 10.3. The Balaban J connectivity index is 2.47. The van der Waals surface area contributed by atoms with Gasteiger partial charge in [-0.15, -0.1) is 11.8 Å². The molecule has 8 heteroatoms. The number of amides is 2. The molecule has 1 aliphatic heterocycles. The molecule has 0 saturated carbocycles. The van der Waals surface area contributed by atoms with E-state index < -0.39 is 23.2 Å². The van der Waals surface area contributed by atoms with E-state index in [0.717, 1.165) is 4.90 Å². The molecule has 17 heavy (non-hydrogen) atoms. The van der Waals surface area contributed by atoms with Crippen molar-refractivity contribution < 1.29 is 19.5 Å². The van der Waals surface area contributed by atoms with Gasteiger partial charge in [0.25, 0.3) is 0 Å². The number of nitrogens with zero attached hydrogens (tertiary/aromatic N) is 1. The first-order chi connectivity index (χ1) is 7.93. The molecule has 2 unspecified atom stereocenters. The zero-order valence-corrected chi connectivity index (χ0v) is 10.8. The van der Waals surface area contributed by atoms with Crippen molar-refractivity contribution in [3.63, 3.8) is 0 Å². The molecule has 95 valence electrons. The molecule has 1 saturated heterocycles. The van der Waals surface area contributed by atoms with Gasteiger partial charge in [-0.25, -0.2) is 4.79 Å². The molecule has 2 amide bonds. The van der Waals surface area contributed by atoms with Crippen molar-refractivity contribution in [2.75, 3.05) is 12.3 Å². The second-order valence-electron chi connectivity index (χ2n) is 3.49. The predicted molar refractivity (Wildman–Crippen MR) is 66.5 cm³/mol. The van der Waals surface area contributed by atoms with E-state index in [1.54, 1.807) is 6.92 Å². The van der Waals surface area contributed by atoms with E-state index in [0.29, 0.717) is 5.75 Å². The van der Waals surface area contributed by atoms with Gasteiger partial charge in [-0.1, -0.05) is 0 Å². The highest BCUT2D eigenvalue weighted by atomic mass is 32.2. The highest BCUT2D eigenvalue weighted by molar-refractivity contribution is 8.01. The topological polar surface area (TPSA) is 86.7 Å². The van der Waals surface area contributed by atoms with Gasteiger partial charge in [0.15, 0.2) is 0 Å². The summed E-state index contributed by atoms with van der Waals surface area (Å²) in [6.45, 7) is 1.37. The number of nitrogens with one attached hydrogen (secondary N) is 1. The molecule has 1 heterocycles. The first-order valence-corrected chi connectivity index (χ1v) is 6.44. The number of carboxylic acids is 1. The molecule has 1 rings (SSSR count). The Morgan fingerprint density at radius 3 is 2.82 bits per heavy atom. The van der Waals surface area contributed by atoms with Crippen LogP contribution in [-0.4, -0.2) is 51.4 Å². The average Bonchev–Trinajstić information content (AvgIpc) is 2.73. The fourth-order valence-electron chi connectivity index (χ4n) is 1.19. The van der Waals surface area contributed by atoms with Gasteiger partial charge in [0.05, 0.1) is 11.8 Å². The van der Waals surface area contributed by atoms with Crippen LogP contribution in [-0.2, 0) is 14.4 Å². The molecule has 2 atom stereocenters. The number of carboxylic acid groups (broad SMARTS) is 1. The fourth-order valence-corrected chi connectivity index (χ4v) is 2.28. The zero-order chi connectivity index (χ0) is 13.0. The third-order valence-electron chi connectivity index (χ3n) is 2.14. The summed E-state index contributed by atoms with van der Waals surface area (Å²) in [4.78, 5) is 34.8. The van der Waals surface area contributed by atoms with Crippen LogP contribution in [0.5, 0.6) is 0 Å². The van der Waals surface area contributed by atoms with Crippen LogP contribution in [0.4, 0.5) is 0 Å². The monoisotopic (exact) mass is 277 g/mol. The Morgan fingerprint density at radius 1 is 1.65 bits per heavy atom. The summed E-state index contributed by atoms with van der Waals surface area (Å²) in [5, 5.41) is 10.8. The number of carbonyl (C=O) groups excluding carboxylic acids is 2. The maximum Gasteiger partial charge on any atom is 0.327 e. The standard InChI is InChI=1S/C9H13N2O4S2/c1-5(16)8(13)10-2-7(12)11-4-17-3-6(11)9(14)15/h4-6,16H,2-3H2,1H3,(H,10,13)(H,14,15). The Morgan fingerprint density at radius 2 is 2.29 bits per heavy atom. The fraction of sp³-hybridized carbons (Fsp3) is 0.556. The summed E-state index contributed by atoms with van der Waals surface area (Å²) in [6, 6.07) is -0.849. The summed E-state index contributed by atoms with van der Waals surface area (Å²) in [5.74, 6) is -0.0475. The Bertz CT molecular complexity index is 335. The summed E-state index contributed by atoms with van der Waals surface area (Å²) in [5.41, 5.74) is 0. The van der Waals surface area contributed by atoms with E-state index in [2.05, 4.69) is 17.9 Å². The summed E-state index contributed by atoms with van der Waals surface area (Å²) >= 11 is 5.17. The van der Waals surface area contributed by atoms with Crippen LogP contribution in [0.15, 0.2) is 0 Å². The lowest BCUT2D eigenvalue weighted by molar-refractivity contribution is -0.146. The summed E-state index contributed by atoms with van der Waals surface area (Å²) < 4.78 is 0. The molecule has 0 bridgehead atoms. The number of aliphatic carboxylic acids is 1. The largest absolute Gasteiger partial charge is 0.480 e. The minimum absolute atomic E-state index is 0.218. The smallest absolute Gasteiger partial charge is 0.327 e. The van der Waals surface area contributed by atoms with E-state index >= 15 is 0 Å². The van der Waals surface area contributed by atoms with Gasteiger partial charge < -0.3 is 15.3 Å². The molecular weight excluding hydrogens is 264 g/mol. The number of hydrogen-bond donors (Lipinski definition) is 3. The van der Waals surface area contributed by atoms with Crippen molar-refractivity contribution in [1.82, 2.24) is 10.2 Å². The van der Waals surface area contributed by atoms with Crippen LogP contribution < -0.4 is 5.32 Å². The van der Waals surface area contributed by atoms with Crippen LogP contribution in [0.25, 0.3) is 0 Å². The number of carbonyl (C=O) groups is 3. The van der Waals surface area contributed by atoms with E-state index in [9.17, 15) is 14.4 Å². The highest BCUT2D eigenvalue weighted by Gasteiger charge is 2.34. The quantitative estimate of drug-likeness (QED) is 0.607. The second-order valence-corrected chi connectivity index (χ2v) is 5.14. The van der Waals surface area contributed by atoms with Gasteiger partial charge in [0, 0.05) is 5.75 Å². The molecule has 0 aromatic heterocycles. The molecule has 1 aliphatic rings. The molecular formula is C9H13N2O4S2. The molecule has 0 aliphatic carbocycles. The Hall–Kier alpha value is -0.890. The van der Waals surface area contributed by atoms with Crippen molar-refractivity contribution in [2.45, 2.75) is 18.2 Å². The van der Waals surface area contributed by atoms with Gasteiger partial charge in [0.2, 0.25) is 11.8 Å². The van der Waals surface area contributed by atoms with Gasteiger partial charge in [-0.05, 0) is 6.92 Å². The molecule has 0 spiro atoms. The molecule has 6 nitrogen and oxygen atoms in total. The third kappa shape index (κ3) is 3.81. The van der Waals surface area contributed by atoms with Crippen molar-refractivity contribution >= 4 is 42.2 Å². The van der Waals surface area contributed by atoms with E-state index in [-0.39, 0.29) is 12.5 Å². The Labute approximate surface area is 109 Å².